The molecule has 3 rings (SSSR count). The Labute approximate surface area is 132 Å². The minimum atomic E-state index is 0.555. The van der Waals surface area contributed by atoms with Crippen molar-refractivity contribution in [1.82, 2.24) is 10.2 Å². The maximum absolute atomic E-state index is 3.78. The topological polar surface area (TPSA) is 15.3 Å². The average molecular weight is 293 g/mol. The highest BCUT2D eigenvalue weighted by Gasteiger charge is 2.41. The summed E-state index contributed by atoms with van der Waals surface area (Å²) in [6, 6.07) is 1.57. The number of nitrogens with zero attached hydrogens (tertiary/aromatic N) is 1. The molecule has 0 saturated heterocycles. The van der Waals surface area contributed by atoms with Crippen molar-refractivity contribution in [3.8, 4) is 0 Å². The Morgan fingerprint density at radius 3 is 2.48 bits per heavy atom. The smallest absolute Gasteiger partial charge is 0.00967 e. The van der Waals surface area contributed by atoms with Crippen LogP contribution in [0.3, 0.4) is 0 Å². The van der Waals surface area contributed by atoms with E-state index in [1.54, 1.807) is 0 Å². The highest BCUT2D eigenvalue weighted by molar-refractivity contribution is 4.96. The molecule has 1 N–H and O–H groups in total. The second-order valence-corrected chi connectivity index (χ2v) is 8.84. The van der Waals surface area contributed by atoms with Crippen LogP contribution in [-0.2, 0) is 0 Å². The normalized spacial score (nSPS) is 33.9. The highest BCUT2D eigenvalue weighted by atomic mass is 15.2. The van der Waals surface area contributed by atoms with Crippen LogP contribution in [0.25, 0.3) is 0 Å². The lowest BCUT2D eigenvalue weighted by molar-refractivity contribution is 0.0716. The molecule has 21 heavy (non-hydrogen) atoms. The monoisotopic (exact) mass is 292 g/mol. The zero-order valence-corrected chi connectivity index (χ0v) is 14.5. The SMILES string of the molecule is CC1CCCC(CNC(C)C)(CN(CC2CC2)C2CC2)C1. The van der Waals surface area contributed by atoms with Gasteiger partial charge in [0, 0.05) is 31.7 Å². The number of hydrogen-bond donors (Lipinski definition) is 1. The van der Waals surface area contributed by atoms with Crippen molar-refractivity contribution in [1.29, 1.82) is 0 Å². The van der Waals surface area contributed by atoms with E-state index < -0.39 is 0 Å². The summed E-state index contributed by atoms with van der Waals surface area (Å²) in [7, 11) is 0. The van der Waals surface area contributed by atoms with Gasteiger partial charge in [0.05, 0.1) is 0 Å². The Morgan fingerprint density at radius 1 is 1.14 bits per heavy atom. The predicted octanol–water partition coefficient (Wildman–Crippen LogP) is 4.06. The summed E-state index contributed by atoms with van der Waals surface area (Å²) in [6.45, 7) is 11.1. The van der Waals surface area contributed by atoms with E-state index in [1.165, 1.54) is 71.0 Å². The van der Waals surface area contributed by atoms with E-state index in [9.17, 15) is 0 Å². The van der Waals surface area contributed by atoms with Gasteiger partial charge < -0.3 is 5.32 Å². The lowest BCUT2D eigenvalue weighted by atomic mass is 9.69. The average Bonchev–Trinajstić information content (AvgIpc) is 3.28. The fraction of sp³-hybridized carbons (Fsp3) is 1.00. The molecule has 2 unspecified atom stereocenters. The molecule has 2 heteroatoms. The first kappa shape index (κ1) is 15.8. The van der Waals surface area contributed by atoms with Crippen molar-refractivity contribution in [3.63, 3.8) is 0 Å². The Hall–Kier alpha value is -0.0800. The number of nitrogens with one attached hydrogen (secondary N) is 1. The van der Waals surface area contributed by atoms with Crippen LogP contribution in [0.15, 0.2) is 0 Å². The van der Waals surface area contributed by atoms with Crippen LogP contribution in [-0.4, -0.2) is 36.6 Å². The van der Waals surface area contributed by atoms with Crippen LogP contribution in [0.1, 0.15) is 72.1 Å². The van der Waals surface area contributed by atoms with Gasteiger partial charge in [-0.1, -0.05) is 33.6 Å². The van der Waals surface area contributed by atoms with Crippen molar-refractivity contribution < 1.29 is 0 Å². The minimum Gasteiger partial charge on any atom is -0.314 e. The second kappa shape index (κ2) is 6.58. The summed E-state index contributed by atoms with van der Waals surface area (Å²) in [5.74, 6) is 1.97. The third-order valence-electron chi connectivity index (χ3n) is 5.86. The summed E-state index contributed by atoms with van der Waals surface area (Å²) in [5.41, 5.74) is 0.555. The Bertz CT molecular complexity index is 332. The molecular formula is C19H36N2. The van der Waals surface area contributed by atoms with Gasteiger partial charge in [0.2, 0.25) is 0 Å². The molecule has 2 nitrogen and oxygen atoms in total. The van der Waals surface area contributed by atoms with Crippen LogP contribution in [0.5, 0.6) is 0 Å². The molecule has 122 valence electrons. The maximum Gasteiger partial charge on any atom is 0.00967 e. The summed E-state index contributed by atoms with van der Waals surface area (Å²) >= 11 is 0. The molecule has 0 amide bonds. The van der Waals surface area contributed by atoms with Crippen molar-refractivity contribution in [2.75, 3.05) is 19.6 Å². The molecule has 0 heterocycles. The fourth-order valence-electron chi connectivity index (χ4n) is 4.39. The van der Waals surface area contributed by atoms with Gasteiger partial charge >= 0.3 is 0 Å². The van der Waals surface area contributed by atoms with E-state index in [0.29, 0.717) is 11.5 Å². The van der Waals surface area contributed by atoms with Crippen LogP contribution < -0.4 is 5.32 Å². The predicted molar refractivity (Wildman–Crippen MR) is 90.5 cm³/mol. The van der Waals surface area contributed by atoms with Crippen LogP contribution in [0.2, 0.25) is 0 Å². The van der Waals surface area contributed by atoms with Gasteiger partial charge in [0.25, 0.3) is 0 Å². The first-order valence-corrected chi connectivity index (χ1v) is 9.54. The molecule has 0 aromatic carbocycles. The van der Waals surface area contributed by atoms with Crippen molar-refractivity contribution >= 4 is 0 Å². The van der Waals surface area contributed by atoms with Crippen LogP contribution in [0.4, 0.5) is 0 Å². The standard InChI is InChI=1S/C19H36N2/c1-15(2)20-13-19(10-4-5-16(3)11-19)14-21(18-8-9-18)12-17-6-7-17/h15-18,20H,4-14H2,1-3H3. The molecular weight excluding hydrogens is 256 g/mol. The summed E-state index contributed by atoms with van der Waals surface area (Å²) in [5, 5.41) is 3.78. The van der Waals surface area contributed by atoms with E-state index in [0.717, 1.165) is 17.9 Å². The van der Waals surface area contributed by atoms with Gasteiger partial charge in [-0.05, 0) is 55.8 Å². The molecule has 3 fully saturated rings. The molecule has 3 aliphatic carbocycles. The van der Waals surface area contributed by atoms with E-state index >= 15 is 0 Å². The summed E-state index contributed by atoms with van der Waals surface area (Å²) in [4.78, 5) is 2.90. The van der Waals surface area contributed by atoms with Gasteiger partial charge in [0.1, 0.15) is 0 Å². The molecule has 0 aliphatic heterocycles. The fourth-order valence-corrected chi connectivity index (χ4v) is 4.39. The van der Waals surface area contributed by atoms with Gasteiger partial charge in [-0.3, -0.25) is 4.90 Å². The maximum atomic E-state index is 3.78. The molecule has 3 saturated carbocycles. The quantitative estimate of drug-likeness (QED) is 0.726. The van der Waals surface area contributed by atoms with Crippen LogP contribution >= 0.6 is 0 Å². The van der Waals surface area contributed by atoms with Gasteiger partial charge in [-0.15, -0.1) is 0 Å². The minimum absolute atomic E-state index is 0.555. The highest BCUT2D eigenvalue weighted by Crippen LogP contribution is 2.43. The number of hydrogen-bond acceptors (Lipinski definition) is 2. The Kier molecular flexibility index (Phi) is 4.95. The summed E-state index contributed by atoms with van der Waals surface area (Å²) < 4.78 is 0. The van der Waals surface area contributed by atoms with Gasteiger partial charge in [-0.2, -0.15) is 0 Å². The summed E-state index contributed by atoms with van der Waals surface area (Å²) in [6.07, 6.45) is 11.7. The lowest BCUT2D eigenvalue weighted by Crippen LogP contribution is -2.49. The van der Waals surface area contributed by atoms with E-state index in [1.807, 2.05) is 0 Å². The van der Waals surface area contributed by atoms with Crippen molar-refractivity contribution in [2.45, 2.75) is 84.2 Å². The number of rotatable bonds is 8. The van der Waals surface area contributed by atoms with Crippen molar-refractivity contribution in [2.24, 2.45) is 17.3 Å². The molecule has 2 atom stereocenters. The van der Waals surface area contributed by atoms with Gasteiger partial charge in [0.15, 0.2) is 0 Å². The van der Waals surface area contributed by atoms with Crippen molar-refractivity contribution in [3.05, 3.63) is 0 Å². The zero-order chi connectivity index (χ0) is 14.9. The van der Waals surface area contributed by atoms with Gasteiger partial charge in [-0.25, -0.2) is 0 Å². The second-order valence-electron chi connectivity index (χ2n) is 8.84. The van der Waals surface area contributed by atoms with E-state index in [2.05, 4.69) is 31.0 Å². The molecule has 0 radical (unpaired) electrons. The first-order chi connectivity index (χ1) is 10.1. The van der Waals surface area contributed by atoms with E-state index in [4.69, 9.17) is 0 Å². The first-order valence-electron chi connectivity index (χ1n) is 9.54. The molecule has 0 aromatic heterocycles. The molecule has 0 spiro atoms. The lowest BCUT2D eigenvalue weighted by Gasteiger charge is -2.44. The molecule has 3 aliphatic rings. The zero-order valence-electron chi connectivity index (χ0n) is 14.5. The van der Waals surface area contributed by atoms with E-state index in [-0.39, 0.29) is 0 Å². The third-order valence-corrected chi connectivity index (χ3v) is 5.86. The third kappa shape index (κ3) is 4.69. The Morgan fingerprint density at radius 2 is 1.90 bits per heavy atom. The molecule has 0 aromatic rings. The Balaban J connectivity index is 1.64. The van der Waals surface area contributed by atoms with Crippen LogP contribution in [0, 0.1) is 17.3 Å². The largest absolute Gasteiger partial charge is 0.314 e. The molecule has 0 bridgehead atoms.